The second-order valence-corrected chi connectivity index (χ2v) is 7.38. The summed E-state index contributed by atoms with van der Waals surface area (Å²) in [7, 11) is -3.47. The second kappa shape index (κ2) is 6.24. The van der Waals surface area contributed by atoms with E-state index in [1.54, 1.807) is 18.3 Å². The Kier molecular flexibility index (Phi) is 4.33. The Bertz CT molecular complexity index is 744. The number of anilines is 1. The molecule has 2 heterocycles. The minimum atomic E-state index is -3.47. The van der Waals surface area contributed by atoms with Crippen molar-refractivity contribution in [2.24, 2.45) is 0 Å². The number of hydrogen-bond acceptors (Lipinski definition) is 4. The molecule has 1 aliphatic rings. The van der Waals surface area contributed by atoms with Gasteiger partial charge in [0.15, 0.2) is 0 Å². The first-order chi connectivity index (χ1) is 10.6. The lowest BCUT2D eigenvalue weighted by molar-refractivity contribution is 0.385. The number of sulfonamides is 1. The third-order valence-electron chi connectivity index (χ3n) is 3.70. The number of piperazine rings is 1. The molecule has 2 aromatic rings. The molecule has 1 aromatic carbocycles. The first-order valence-electron chi connectivity index (χ1n) is 6.99. The van der Waals surface area contributed by atoms with Crippen LogP contribution >= 0.6 is 11.6 Å². The molecule has 0 radical (unpaired) electrons. The maximum absolute atomic E-state index is 12.5. The third kappa shape index (κ3) is 2.95. The number of para-hydroxylation sites is 1. The topological polar surface area (TPSA) is 53.5 Å². The van der Waals surface area contributed by atoms with E-state index in [4.69, 9.17) is 11.6 Å². The van der Waals surface area contributed by atoms with Crippen LogP contribution in [-0.4, -0.2) is 43.9 Å². The molecular weight excluding hydrogens is 322 g/mol. The number of benzene rings is 1. The normalized spacial score (nSPS) is 16.7. The van der Waals surface area contributed by atoms with E-state index in [1.165, 1.54) is 10.5 Å². The quantitative estimate of drug-likeness (QED) is 0.862. The summed E-state index contributed by atoms with van der Waals surface area (Å²) in [5.74, 6) is 0. The van der Waals surface area contributed by atoms with Gasteiger partial charge in [0.2, 0.25) is 10.0 Å². The van der Waals surface area contributed by atoms with Gasteiger partial charge in [0.1, 0.15) is 4.90 Å². The van der Waals surface area contributed by atoms with E-state index in [0.29, 0.717) is 31.2 Å². The van der Waals surface area contributed by atoms with E-state index in [1.807, 2.05) is 24.3 Å². The van der Waals surface area contributed by atoms with Crippen molar-refractivity contribution >= 4 is 27.3 Å². The average Bonchev–Trinajstić information content (AvgIpc) is 2.56. The van der Waals surface area contributed by atoms with Crippen LogP contribution in [0.1, 0.15) is 0 Å². The zero-order valence-corrected chi connectivity index (χ0v) is 13.5. The standard InChI is InChI=1S/C15H16ClN3O2S/c16-14-5-1-2-6-15(14)18-8-10-19(11-9-18)22(20,21)13-4-3-7-17-12-13/h1-7,12H,8-11H2. The van der Waals surface area contributed by atoms with Crippen LogP contribution in [-0.2, 0) is 10.0 Å². The van der Waals surface area contributed by atoms with Crippen LogP contribution in [0.25, 0.3) is 0 Å². The molecule has 7 heteroatoms. The van der Waals surface area contributed by atoms with Crippen LogP contribution < -0.4 is 4.90 Å². The van der Waals surface area contributed by atoms with Crippen molar-refractivity contribution in [1.29, 1.82) is 0 Å². The van der Waals surface area contributed by atoms with Crippen molar-refractivity contribution in [3.05, 3.63) is 53.8 Å². The third-order valence-corrected chi connectivity index (χ3v) is 5.91. The van der Waals surface area contributed by atoms with E-state index in [0.717, 1.165) is 5.69 Å². The van der Waals surface area contributed by atoms with Gasteiger partial charge in [-0.1, -0.05) is 23.7 Å². The lowest BCUT2D eigenvalue weighted by Gasteiger charge is -2.35. The highest BCUT2D eigenvalue weighted by molar-refractivity contribution is 7.89. The van der Waals surface area contributed by atoms with Gasteiger partial charge >= 0.3 is 0 Å². The SMILES string of the molecule is O=S(=O)(c1cccnc1)N1CCN(c2ccccc2Cl)CC1. The molecule has 22 heavy (non-hydrogen) atoms. The second-order valence-electron chi connectivity index (χ2n) is 5.03. The average molecular weight is 338 g/mol. The zero-order chi connectivity index (χ0) is 15.6. The Morgan fingerprint density at radius 2 is 1.73 bits per heavy atom. The minimum absolute atomic E-state index is 0.237. The molecule has 0 bridgehead atoms. The first kappa shape index (κ1) is 15.3. The van der Waals surface area contributed by atoms with Crippen LogP contribution in [0.3, 0.4) is 0 Å². The van der Waals surface area contributed by atoms with Crippen molar-refractivity contribution in [3.8, 4) is 0 Å². The summed E-state index contributed by atoms with van der Waals surface area (Å²) in [6.07, 6.45) is 2.95. The maximum atomic E-state index is 12.5. The van der Waals surface area contributed by atoms with Crippen molar-refractivity contribution in [3.63, 3.8) is 0 Å². The molecule has 1 aliphatic heterocycles. The first-order valence-corrected chi connectivity index (χ1v) is 8.80. The van der Waals surface area contributed by atoms with Crippen molar-refractivity contribution in [2.45, 2.75) is 4.90 Å². The molecule has 116 valence electrons. The number of nitrogens with zero attached hydrogens (tertiary/aromatic N) is 3. The molecule has 0 N–H and O–H groups in total. The lowest BCUT2D eigenvalue weighted by Crippen LogP contribution is -2.48. The Balaban J connectivity index is 1.74. The van der Waals surface area contributed by atoms with E-state index in [2.05, 4.69) is 9.88 Å². The molecule has 1 aromatic heterocycles. The molecule has 0 aliphatic carbocycles. The van der Waals surface area contributed by atoms with Gasteiger partial charge in [-0.25, -0.2) is 8.42 Å². The molecule has 1 fully saturated rings. The number of pyridine rings is 1. The smallest absolute Gasteiger partial charge is 0.244 e. The van der Waals surface area contributed by atoms with Crippen LogP contribution in [0.15, 0.2) is 53.7 Å². The molecule has 3 rings (SSSR count). The Hall–Kier alpha value is -1.63. The van der Waals surface area contributed by atoms with E-state index >= 15 is 0 Å². The lowest BCUT2D eigenvalue weighted by atomic mass is 10.2. The van der Waals surface area contributed by atoms with E-state index < -0.39 is 10.0 Å². The van der Waals surface area contributed by atoms with Gasteiger partial charge < -0.3 is 4.90 Å². The summed E-state index contributed by atoms with van der Waals surface area (Å²) in [6.45, 7) is 2.09. The summed E-state index contributed by atoms with van der Waals surface area (Å²) < 4.78 is 26.6. The van der Waals surface area contributed by atoms with Crippen LogP contribution in [0, 0.1) is 0 Å². The number of hydrogen-bond donors (Lipinski definition) is 0. The Labute approximate surface area is 135 Å². The van der Waals surface area contributed by atoms with Gasteiger partial charge in [0.25, 0.3) is 0 Å². The fourth-order valence-electron chi connectivity index (χ4n) is 2.53. The van der Waals surface area contributed by atoms with Gasteiger partial charge in [-0.3, -0.25) is 4.98 Å². The largest absolute Gasteiger partial charge is 0.368 e. The number of rotatable bonds is 3. The predicted molar refractivity (Wildman–Crippen MR) is 86.7 cm³/mol. The van der Waals surface area contributed by atoms with Crippen LogP contribution in [0.4, 0.5) is 5.69 Å². The van der Waals surface area contributed by atoms with Gasteiger partial charge in [0.05, 0.1) is 10.7 Å². The molecule has 1 saturated heterocycles. The Morgan fingerprint density at radius 3 is 2.36 bits per heavy atom. The van der Waals surface area contributed by atoms with Gasteiger partial charge in [-0.05, 0) is 24.3 Å². The van der Waals surface area contributed by atoms with Crippen molar-refractivity contribution in [2.75, 3.05) is 31.1 Å². The fourth-order valence-corrected chi connectivity index (χ4v) is 4.17. The summed E-state index contributed by atoms with van der Waals surface area (Å²) >= 11 is 6.20. The highest BCUT2D eigenvalue weighted by Gasteiger charge is 2.29. The molecule has 0 saturated carbocycles. The molecule has 0 amide bonds. The predicted octanol–water partition coefficient (Wildman–Crippen LogP) is 2.25. The van der Waals surface area contributed by atoms with E-state index in [-0.39, 0.29) is 4.90 Å². The Morgan fingerprint density at radius 1 is 1.00 bits per heavy atom. The minimum Gasteiger partial charge on any atom is -0.368 e. The molecule has 5 nitrogen and oxygen atoms in total. The summed E-state index contributed by atoms with van der Waals surface area (Å²) in [4.78, 5) is 6.23. The van der Waals surface area contributed by atoms with Gasteiger partial charge in [-0.15, -0.1) is 0 Å². The van der Waals surface area contributed by atoms with Crippen LogP contribution in [0.2, 0.25) is 5.02 Å². The van der Waals surface area contributed by atoms with Crippen molar-refractivity contribution < 1.29 is 8.42 Å². The van der Waals surface area contributed by atoms with E-state index in [9.17, 15) is 8.42 Å². The zero-order valence-electron chi connectivity index (χ0n) is 11.9. The molecule has 0 atom stereocenters. The molecule has 0 spiro atoms. The van der Waals surface area contributed by atoms with Gasteiger partial charge in [-0.2, -0.15) is 4.31 Å². The van der Waals surface area contributed by atoms with Crippen molar-refractivity contribution in [1.82, 2.24) is 9.29 Å². The summed E-state index contributed by atoms with van der Waals surface area (Å²) in [5.41, 5.74) is 0.947. The monoisotopic (exact) mass is 337 g/mol. The maximum Gasteiger partial charge on any atom is 0.244 e. The fraction of sp³-hybridized carbons (Fsp3) is 0.267. The highest BCUT2D eigenvalue weighted by Crippen LogP contribution is 2.27. The van der Waals surface area contributed by atoms with Crippen LogP contribution in [0.5, 0.6) is 0 Å². The summed E-state index contributed by atoms with van der Waals surface area (Å²) in [6, 6.07) is 10.8. The molecule has 0 unspecified atom stereocenters. The number of aromatic nitrogens is 1. The van der Waals surface area contributed by atoms with Gasteiger partial charge in [0, 0.05) is 38.6 Å². The number of halogens is 1. The highest BCUT2D eigenvalue weighted by atomic mass is 35.5. The summed E-state index contributed by atoms with van der Waals surface area (Å²) in [5, 5.41) is 0.686. The molecular formula is C15H16ClN3O2S.